The van der Waals surface area contributed by atoms with Crippen LogP contribution in [0, 0.1) is 6.92 Å². The summed E-state index contributed by atoms with van der Waals surface area (Å²) in [5.74, 6) is 1.59. The molecular weight excluding hydrogens is 180 g/mol. The molecule has 0 fully saturated rings. The molecule has 0 aromatic carbocycles. The molecular formula is C9H10N4O. The lowest BCUT2D eigenvalue weighted by atomic mass is 10.4. The highest BCUT2D eigenvalue weighted by molar-refractivity contribution is 5.32. The van der Waals surface area contributed by atoms with Gasteiger partial charge in [-0.05, 0) is 13.0 Å². The van der Waals surface area contributed by atoms with Crippen LogP contribution < -0.4 is 5.32 Å². The Hall–Kier alpha value is -1.91. The molecule has 14 heavy (non-hydrogen) atoms. The van der Waals surface area contributed by atoms with E-state index in [9.17, 15) is 0 Å². The molecule has 0 aliphatic heterocycles. The Morgan fingerprint density at radius 1 is 1.50 bits per heavy atom. The van der Waals surface area contributed by atoms with Crippen molar-refractivity contribution in [2.45, 2.75) is 13.5 Å². The van der Waals surface area contributed by atoms with Crippen molar-refractivity contribution in [3.8, 4) is 0 Å². The third kappa shape index (κ3) is 2.07. The van der Waals surface area contributed by atoms with Crippen molar-refractivity contribution in [1.29, 1.82) is 0 Å². The average Bonchev–Trinajstić information content (AvgIpc) is 2.63. The van der Waals surface area contributed by atoms with Gasteiger partial charge >= 0.3 is 0 Å². The van der Waals surface area contributed by atoms with Gasteiger partial charge in [0.05, 0.1) is 6.54 Å². The van der Waals surface area contributed by atoms with Crippen LogP contribution in [0.25, 0.3) is 0 Å². The third-order valence-electron chi connectivity index (χ3n) is 1.71. The Kier molecular flexibility index (Phi) is 2.40. The molecule has 2 rings (SSSR count). The summed E-state index contributed by atoms with van der Waals surface area (Å²) in [6, 6.07) is 3.68. The summed E-state index contributed by atoms with van der Waals surface area (Å²) in [7, 11) is 0. The zero-order valence-electron chi connectivity index (χ0n) is 7.77. The van der Waals surface area contributed by atoms with Crippen molar-refractivity contribution < 1.29 is 4.52 Å². The second-order valence-corrected chi connectivity index (χ2v) is 2.88. The third-order valence-corrected chi connectivity index (χ3v) is 1.71. The molecule has 0 saturated heterocycles. The molecule has 0 bridgehead atoms. The second kappa shape index (κ2) is 3.87. The molecule has 0 aliphatic carbocycles. The van der Waals surface area contributed by atoms with Crippen LogP contribution >= 0.6 is 0 Å². The van der Waals surface area contributed by atoms with Crippen LogP contribution in [-0.2, 0) is 6.54 Å². The van der Waals surface area contributed by atoms with E-state index in [1.165, 1.54) is 6.33 Å². The van der Waals surface area contributed by atoms with Gasteiger partial charge in [0, 0.05) is 12.3 Å². The van der Waals surface area contributed by atoms with Crippen LogP contribution in [0.4, 0.5) is 5.82 Å². The predicted octanol–water partition coefficient (Wildman–Crippen LogP) is 1.39. The lowest BCUT2D eigenvalue weighted by molar-refractivity contribution is 0.391. The largest absolute Gasteiger partial charge is 0.364 e. The van der Waals surface area contributed by atoms with Gasteiger partial charge in [0.2, 0.25) is 0 Å². The van der Waals surface area contributed by atoms with E-state index in [4.69, 9.17) is 4.52 Å². The van der Waals surface area contributed by atoms with E-state index >= 15 is 0 Å². The molecule has 2 aromatic rings. The highest BCUT2D eigenvalue weighted by Crippen LogP contribution is 2.04. The number of anilines is 1. The Labute approximate surface area is 81.2 Å². The van der Waals surface area contributed by atoms with Gasteiger partial charge in [0.15, 0.2) is 0 Å². The van der Waals surface area contributed by atoms with Gasteiger partial charge < -0.3 is 9.84 Å². The van der Waals surface area contributed by atoms with E-state index in [1.54, 1.807) is 12.3 Å². The fourth-order valence-electron chi connectivity index (χ4n) is 1.08. The summed E-state index contributed by atoms with van der Waals surface area (Å²) in [6.07, 6.45) is 3.18. The molecule has 0 atom stereocenters. The minimum Gasteiger partial charge on any atom is -0.364 e. The first kappa shape index (κ1) is 8.68. The number of nitrogens with zero attached hydrogens (tertiary/aromatic N) is 3. The highest BCUT2D eigenvalue weighted by atomic mass is 16.5. The summed E-state index contributed by atoms with van der Waals surface area (Å²) >= 11 is 0. The van der Waals surface area contributed by atoms with Gasteiger partial charge in [-0.15, -0.1) is 0 Å². The van der Waals surface area contributed by atoms with E-state index in [-0.39, 0.29) is 0 Å². The van der Waals surface area contributed by atoms with Crippen LogP contribution in [0.2, 0.25) is 0 Å². The SMILES string of the molecule is Cc1cc(CNc2ccncn2)no1. The summed E-state index contributed by atoms with van der Waals surface area (Å²) in [6.45, 7) is 2.47. The van der Waals surface area contributed by atoms with Gasteiger partial charge in [-0.25, -0.2) is 9.97 Å². The van der Waals surface area contributed by atoms with Gasteiger partial charge in [-0.3, -0.25) is 0 Å². The predicted molar refractivity (Wildman–Crippen MR) is 50.6 cm³/mol. The maximum Gasteiger partial charge on any atom is 0.133 e. The highest BCUT2D eigenvalue weighted by Gasteiger charge is 1.99. The Morgan fingerprint density at radius 3 is 3.07 bits per heavy atom. The van der Waals surface area contributed by atoms with Crippen LogP contribution in [0.3, 0.4) is 0 Å². The van der Waals surface area contributed by atoms with E-state index in [0.29, 0.717) is 6.54 Å². The first-order chi connectivity index (χ1) is 6.84. The van der Waals surface area contributed by atoms with Gasteiger partial charge in [0.25, 0.3) is 0 Å². The Bertz CT molecular complexity index is 398. The number of aryl methyl sites for hydroxylation is 1. The number of hydrogen-bond acceptors (Lipinski definition) is 5. The summed E-state index contributed by atoms with van der Waals surface area (Å²) in [4.78, 5) is 7.84. The topological polar surface area (TPSA) is 63.8 Å². The first-order valence-corrected chi connectivity index (χ1v) is 4.26. The van der Waals surface area contributed by atoms with Gasteiger partial charge in [-0.1, -0.05) is 5.16 Å². The normalized spacial score (nSPS) is 10.1. The van der Waals surface area contributed by atoms with Crippen molar-refractivity contribution >= 4 is 5.82 Å². The second-order valence-electron chi connectivity index (χ2n) is 2.88. The fraction of sp³-hybridized carbons (Fsp3) is 0.222. The van der Waals surface area contributed by atoms with Crippen molar-refractivity contribution in [3.05, 3.63) is 36.1 Å². The zero-order valence-corrected chi connectivity index (χ0v) is 7.77. The van der Waals surface area contributed by atoms with E-state index in [2.05, 4.69) is 20.4 Å². The molecule has 0 aliphatic rings. The van der Waals surface area contributed by atoms with Gasteiger partial charge in [-0.2, -0.15) is 0 Å². The zero-order chi connectivity index (χ0) is 9.80. The van der Waals surface area contributed by atoms with Crippen LogP contribution in [-0.4, -0.2) is 15.1 Å². The molecule has 2 aromatic heterocycles. The van der Waals surface area contributed by atoms with Crippen molar-refractivity contribution in [2.24, 2.45) is 0 Å². The molecule has 5 nitrogen and oxygen atoms in total. The van der Waals surface area contributed by atoms with E-state index < -0.39 is 0 Å². The smallest absolute Gasteiger partial charge is 0.133 e. The summed E-state index contributed by atoms with van der Waals surface area (Å²) in [5.41, 5.74) is 0.862. The Balaban J connectivity index is 1.95. The lowest BCUT2D eigenvalue weighted by Crippen LogP contribution is -2.01. The maximum absolute atomic E-state index is 4.93. The lowest BCUT2D eigenvalue weighted by Gasteiger charge is -2.00. The summed E-state index contributed by atoms with van der Waals surface area (Å²) < 4.78 is 4.93. The monoisotopic (exact) mass is 190 g/mol. The van der Waals surface area contributed by atoms with Crippen LogP contribution in [0.5, 0.6) is 0 Å². The Morgan fingerprint density at radius 2 is 2.43 bits per heavy atom. The number of aromatic nitrogens is 3. The fourth-order valence-corrected chi connectivity index (χ4v) is 1.08. The van der Waals surface area contributed by atoms with Gasteiger partial charge in [0.1, 0.15) is 23.6 Å². The van der Waals surface area contributed by atoms with Crippen molar-refractivity contribution in [1.82, 2.24) is 15.1 Å². The molecule has 0 saturated carbocycles. The quantitative estimate of drug-likeness (QED) is 0.792. The molecule has 5 heteroatoms. The van der Waals surface area contributed by atoms with Crippen molar-refractivity contribution in [3.63, 3.8) is 0 Å². The molecule has 2 heterocycles. The number of hydrogen-bond donors (Lipinski definition) is 1. The molecule has 0 unspecified atom stereocenters. The van der Waals surface area contributed by atoms with E-state index in [1.807, 2.05) is 13.0 Å². The standard InChI is InChI=1S/C9H10N4O/c1-7-4-8(13-14-7)5-11-9-2-3-10-6-12-9/h2-4,6H,5H2,1H3,(H,10,11,12). The van der Waals surface area contributed by atoms with Crippen LogP contribution in [0.15, 0.2) is 29.2 Å². The van der Waals surface area contributed by atoms with E-state index in [0.717, 1.165) is 17.3 Å². The van der Waals surface area contributed by atoms with Crippen molar-refractivity contribution in [2.75, 3.05) is 5.32 Å². The maximum atomic E-state index is 4.93. The molecule has 0 spiro atoms. The molecule has 0 amide bonds. The minimum atomic E-state index is 0.606. The molecule has 1 N–H and O–H groups in total. The molecule has 72 valence electrons. The number of nitrogens with one attached hydrogen (secondary N) is 1. The number of rotatable bonds is 3. The minimum absolute atomic E-state index is 0.606. The molecule has 0 radical (unpaired) electrons. The first-order valence-electron chi connectivity index (χ1n) is 4.26. The average molecular weight is 190 g/mol. The summed E-state index contributed by atoms with van der Waals surface area (Å²) in [5, 5.41) is 6.95. The van der Waals surface area contributed by atoms with Crippen LogP contribution in [0.1, 0.15) is 11.5 Å².